The Bertz CT molecular complexity index is 458. The highest BCUT2D eigenvalue weighted by Gasteiger charge is 2.02. The predicted octanol–water partition coefficient (Wildman–Crippen LogP) is 1.91. The van der Waals surface area contributed by atoms with Gasteiger partial charge in [-0.15, -0.1) is 0 Å². The van der Waals surface area contributed by atoms with Crippen LogP contribution in [0, 0.1) is 6.92 Å². The van der Waals surface area contributed by atoms with Crippen molar-refractivity contribution in [2.45, 2.75) is 17.1 Å². The standard InChI is InChI=1S/C10H10N4S/c1-7-5-9(14-6-8(7)11)15-10-12-3-2-4-13-10/h2-6H,11H2,1H3. The molecule has 5 heteroatoms. The van der Waals surface area contributed by atoms with E-state index in [1.165, 1.54) is 11.8 Å². The van der Waals surface area contributed by atoms with Gasteiger partial charge in [0.05, 0.1) is 11.9 Å². The van der Waals surface area contributed by atoms with Crippen molar-refractivity contribution in [3.05, 3.63) is 36.3 Å². The van der Waals surface area contributed by atoms with Gasteiger partial charge in [0, 0.05) is 12.4 Å². The van der Waals surface area contributed by atoms with E-state index in [1.807, 2.05) is 13.0 Å². The fourth-order valence-corrected chi connectivity index (χ4v) is 1.78. The van der Waals surface area contributed by atoms with Crippen molar-refractivity contribution in [1.82, 2.24) is 15.0 Å². The fraction of sp³-hybridized carbons (Fsp3) is 0.100. The molecular weight excluding hydrogens is 208 g/mol. The lowest BCUT2D eigenvalue weighted by Gasteiger charge is -2.02. The average molecular weight is 218 g/mol. The van der Waals surface area contributed by atoms with Crippen LogP contribution in [-0.2, 0) is 0 Å². The first-order valence-corrected chi connectivity index (χ1v) is 5.24. The molecule has 0 saturated carbocycles. The smallest absolute Gasteiger partial charge is 0.193 e. The van der Waals surface area contributed by atoms with Crippen LogP contribution in [0.4, 0.5) is 5.69 Å². The van der Waals surface area contributed by atoms with Crippen molar-refractivity contribution < 1.29 is 0 Å². The van der Waals surface area contributed by atoms with E-state index in [4.69, 9.17) is 5.73 Å². The van der Waals surface area contributed by atoms with Gasteiger partial charge < -0.3 is 5.73 Å². The molecule has 0 spiro atoms. The number of aryl methyl sites for hydroxylation is 1. The number of nitrogens with two attached hydrogens (primary N) is 1. The third kappa shape index (κ3) is 2.44. The van der Waals surface area contributed by atoms with Crippen molar-refractivity contribution in [3.63, 3.8) is 0 Å². The van der Waals surface area contributed by atoms with Gasteiger partial charge in [0.1, 0.15) is 5.03 Å². The number of hydrogen-bond acceptors (Lipinski definition) is 5. The topological polar surface area (TPSA) is 64.7 Å². The van der Waals surface area contributed by atoms with Crippen molar-refractivity contribution in [2.75, 3.05) is 5.73 Å². The molecule has 0 atom stereocenters. The zero-order valence-electron chi connectivity index (χ0n) is 8.21. The lowest BCUT2D eigenvalue weighted by molar-refractivity contribution is 0.959. The quantitative estimate of drug-likeness (QED) is 0.780. The molecule has 2 aromatic rings. The molecule has 0 bridgehead atoms. The minimum atomic E-state index is 0.689. The molecule has 0 unspecified atom stereocenters. The normalized spacial score (nSPS) is 10.2. The van der Waals surface area contributed by atoms with E-state index in [-0.39, 0.29) is 0 Å². The number of pyridine rings is 1. The monoisotopic (exact) mass is 218 g/mol. The van der Waals surface area contributed by atoms with E-state index in [2.05, 4.69) is 15.0 Å². The summed E-state index contributed by atoms with van der Waals surface area (Å²) in [6, 6.07) is 3.71. The molecular formula is C10H10N4S. The van der Waals surface area contributed by atoms with Gasteiger partial charge in [0.15, 0.2) is 5.16 Å². The van der Waals surface area contributed by atoms with Gasteiger partial charge in [-0.1, -0.05) is 0 Å². The zero-order valence-corrected chi connectivity index (χ0v) is 9.03. The summed E-state index contributed by atoms with van der Waals surface area (Å²) in [6.45, 7) is 1.95. The van der Waals surface area contributed by atoms with Gasteiger partial charge in [-0.05, 0) is 36.4 Å². The second kappa shape index (κ2) is 4.27. The van der Waals surface area contributed by atoms with Crippen LogP contribution in [0.2, 0.25) is 0 Å². The maximum atomic E-state index is 5.68. The minimum absolute atomic E-state index is 0.689. The number of aromatic nitrogens is 3. The maximum absolute atomic E-state index is 5.68. The van der Waals surface area contributed by atoms with E-state index >= 15 is 0 Å². The van der Waals surface area contributed by atoms with Crippen LogP contribution in [0.15, 0.2) is 40.9 Å². The van der Waals surface area contributed by atoms with Crippen LogP contribution >= 0.6 is 11.8 Å². The molecule has 2 heterocycles. The third-order valence-corrected chi connectivity index (χ3v) is 2.69. The highest BCUT2D eigenvalue weighted by atomic mass is 32.2. The van der Waals surface area contributed by atoms with E-state index in [0.717, 1.165) is 10.6 Å². The van der Waals surface area contributed by atoms with E-state index < -0.39 is 0 Å². The molecule has 2 N–H and O–H groups in total. The molecule has 15 heavy (non-hydrogen) atoms. The second-order valence-corrected chi connectivity index (χ2v) is 4.00. The second-order valence-electron chi connectivity index (χ2n) is 3.01. The van der Waals surface area contributed by atoms with Crippen LogP contribution in [0.3, 0.4) is 0 Å². The first kappa shape index (κ1) is 9.92. The Morgan fingerprint density at radius 3 is 2.60 bits per heavy atom. The first-order valence-electron chi connectivity index (χ1n) is 4.43. The Kier molecular flexibility index (Phi) is 2.82. The summed E-state index contributed by atoms with van der Waals surface area (Å²) in [5, 5.41) is 1.54. The molecule has 0 amide bonds. The van der Waals surface area contributed by atoms with Crippen molar-refractivity contribution >= 4 is 17.4 Å². The number of nitrogen functional groups attached to an aromatic ring is 1. The molecule has 0 aliphatic carbocycles. The summed E-state index contributed by atoms with van der Waals surface area (Å²) in [7, 11) is 0. The fourth-order valence-electron chi connectivity index (χ4n) is 1.03. The van der Waals surface area contributed by atoms with E-state index in [9.17, 15) is 0 Å². The Morgan fingerprint density at radius 2 is 1.93 bits per heavy atom. The lowest BCUT2D eigenvalue weighted by atomic mass is 10.3. The predicted molar refractivity (Wildman–Crippen MR) is 59.5 cm³/mol. The number of anilines is 1. The van der Waals surface area contributed by atoms with Gasteiger partial charge in [-0.2, -0.15) is 0 Å². The Hall–Kier alpha value is -1.62. The number of nitrogens with zero attached hydrogens (tertiary/aromatic N) is 3. The third-order valence-electron chi connectivity index (χ3n) is 1.86. The summed E-state index contributed by atoms with van der Waals surface area (Å²) in [4.78, 5) is 12.4. The summed E-state index contributed by atoms with van der Waals surface area (Å²) >= 11 is 1.42. The molecule has 0 aromatic carbocycles. The summed E-state index contributed by atoms with van der Waals surface area (Å²) < 4.78 is 0. The minimum Gasteiger partial charge on any atom is -0.397 e. The molecule has 0 aliphatic rings. The Balaban J connectivity index is 2.22. The summed E-state index contributed by atoms with van der Waals surface area (Å²) in [6.07, 6.45) is 5.07. The molecule has 76 valence electrons. The Labute approximate surface area is 92.0 Å². The van der Waals surface area contributed by atoms with Crippen LogP contribution in [0.25, 0.3) is 0 Å². The van der Waals surface area contributed by atoms with Crippen molar-refractivity contribution in [2.24, 2.45) is 0 Å². The van der Waals surface area contributed by atoms with Crippen LogP contribution in [0.5, 0.6) is 0 Å². The maximum Gasteiger partial charge on any atom is 0.193 e. The van der Waals surface area contributed by atoms with Gasteiger partial charge >= 0.3 is 0 Å². The number of rotatable bonds is 2. The highest BCUT2D eigenvalue weighted by molar-refractivity contribution is 7.99. The number of hydrogen-bond donors (Lipinski definition) is 1. The van der Waals surface area contributed by atoms with Crippen molar-refractivity contribution in [1.29, 1.82) is 0 Å². The molecule has 0 saturated heterocycles. The van der Waals surface area contributed by atoms with Crippen LogP contribution in [0.1, 0.15) is 5.56 Å². The molecule has 0 fully saturated rings. The molecule has 4 nitrogen and oxygen atoms in total. The molecule has 0 radical (unpaired) electrons. The van der Waals surface area contributed by atoms with E-state index in [0.29, 0.717) is 10.8 Å². The largest absolute Gasteiger partial charge is 0.397 e. The van der Waals surface area contributed by atoms with Crippen molar-refractivity contribution in [3.8, 4) is 0 Å². The van der Waals surface area contributed by atoms with Crippen LogP contribution in [-0.4, -0.2) is 15.0 Å². The summed E-state index contributed by atoms with van der Waals surface area (Å²) in [5.41, 5.74) is 7.40. The molecule has 2 rings (SSSR count). The van der Waals surface area contributed by atoms with Gasteiger partial charge in [-0.25, -0.2) is 15.0 Å². The first-order chi connectivity index (χ1) is 7.25. The summed E-state index contributed by atoms with van der Waals surface area (Å²) in [5.74, 6) is 0. The van der Waals surface area contributed by atoms with E-state index in [1.54, 1.807) is 24.7 Å². The lowest BCUT2D eigenvalue weighted by Crippen LogP contribution is -1.92. The average Bonchev–Trinajstić information content (AvgIpc) is 2.25. The van der Waals surface area contributed by atoms with Gasteiger partial charge in [0.25, 0.3) is 0 Å². The van der Waals surface area contributed by atoms with Gasteiger partial charge in [-0.3, -0.25) is 0 Å². The highest BCUT2D eigenvalue weighted by Crippen LogP contribution is 2.23. The Morgan fingerprint density at radius 1 is 1.20 bits per heavy atom. The molecule has 0 aliphatic heterocycles. The SMILES string of the molecule is Cc1cc(Sc2ncccn2)ncc1N. The van der Waals surface area contributed by atoms with Crippen LogP contribution < -0.4 is 5.73 Å². The molecule has 2 aromatic heterocycles. The zero-order chi connectivity index (χ0) is 10.7. The van der Waals surface area contributed by atoms with Gasteiger partial charge in [0.2, 0.25) is 0 Å².